The van der Waals surface area contributed by atoms with Crippen LogP contribution in [-0.2, 0) is 4.74 Å². The summed E-state index contributed by atoms with van der Waals surface area (Å²) in [6, 6.07) is 2.67. The molecule has 1 heterocycles. The number of rotatable bonds is 7. The number of hydrogen-bond donors (Lipinski definition) is 1. The first-order valence-corrected chi connectivity index (χ1v) is 8.89. The van der Waals surface area contributed by atoms with Crippen LogP contribution in [0.3, 0.4) is 0 Å². The third-order valence-corrected chi connectivity index (χ3v) is 4.84. The van der Waals surface area contributed by atoms with E-state index in [-0.39, 0.29) is 0 Å². The van der Waals surface area contributed by atoms with Crippen molar-refractivity contribution in [1.82, 2.24) is 15.3 Å². The highest BCUT2D eigenvalue weighted by atomic mass is 16.5. The Morgan fingerprint density at radius 1 is 1.36 bits per heavy atom. The van der Waals surface area contributed by atoms with Crippen molar-refractivity contribution >= 4 is 11.1 Å². The number of ether oxygens (including phenoxy) is 1. The Hall–Kier alpha value is -2.03. The van der Waals surface area contributed by atoms with Crippen molar-refractivity contribution in [3.05, 3.63) is 36.4 Å². The molecule has 2 rings (SSSR count). The molecule has 0 unspecified atom stereocenters. The molecule has 0 aliphatic heterocycles. The minimum absolute atomic E-state index is 0.344. The molecule has 0 saturated heterocycles. The molecule has 0 radical (unpaired) electrons. The molecule has 25 heavy (non-hydrogen) atoms. The van der Waals surface area contributed by atoms with E-state index in [2.05, 4.69) is 34.9 Å². The molecule has 134 valence electrons. The van der Waals surface area contributed by atoms with Gasteiger partial charge in [0.25, 0.3) is 0 Å². The average Bonchev–Trinajstić information content (AvgIpc) is 2.62. The van der Waals surface area contributed by atoms with Crippen molar-refractivity contribution in [2.75, 3.05) is 20.3 Å². The van der Waals surface area contributed by atoms with Crippen molar-refractivity contribution < 1.29 is 4.74 Å². The van der Waals surface area contributed by atoms with Gasteiger partial charge in [-0.3, -0.25) is 9.97 Å². The number of nitrogens with zero attached hydrogens (tertiary/aromatic N) is 3. The van der Waals surface area contributed by atoms with Crippen LogP contribution < -0.4 is 5.32 Å². The maximum atomic E-state index is 9.36. The van der Waals surface area contributed by atoms with Crippen molar-refractivity contribution in [3.63, 3.8) is 0 Å². The molecule has 1 aliphatic carbocycles. The second-order valence-electron chi connectivity index (χ2n) is 6.75. The normalized spacial score (nSPS) is 23.9. The van der Waals surface area contributed by atoms with E-state index in [4.69, 9.17) is 4.74 Å². The lowest BCUT2D eigenvalue weighted by Gasteiger charge is -2.35. The topological polar surface area (TPSA) is 70.8 Å². The first-order chi connectivity index (χ1) is 12.1. The van der Waals surface area contributed by atoms with Gasteiger partial charge in [-0.05, 0) is 43.6 Å². The molecule has 1 fully saturated rings. The standard InChI is InChI=1S/C20H28N4O/c1-5-16(13-21)20-19(23-6-7-24-20)15(3)17-10-14(2)11-18(12-17)22-8-9-25-4/h5-7,14,17-18,22H,3,8-12H2,1-2,4H3/b16-5-/t14-,17+,18-/m1/s1. The van der Waals surface area contributed by atoms with Crippen LogP contribution in [0.4, 0.5) is 0 Å². The van der Waals surface area contributed by atoms with Gasteiger partial charge in [-0.15, -0.1) is 0 Å². The molecule has 3 atom stereocenters. The first kappa shape index (κ1) is 19.3. The number of methoxy groups -OCH3 is 1. The quantitative estimate of drug-likeness (QED) is 0.608. The lowest BCUT2D eigenvalue weighted by molar-refractivity contribution is 0.184. The lowest BCUT2D eigenvalue weighted by atomic mass is 9.75. The zero-order valence-corrected chi connectivity index (χ0v) is 15.5. The predicted molar refractivity (Wildman–Crippen MR) is 101 cm³/mol. The summed E-state index contributed by atoms with van der Waals surface area (Å²) in [7, 11) is 1.72. The fourth-order valence-electron chi connectivity index (χ4n) is 3.64. The van der Waals surface area contributed by atoms with E-state index < -0.39 is 0 Å². The van der Waals surface area contributed by atoms with Crippen LogP contribution in [0, 0.1) is 23.2 Å². The molecule has 0 amide bonds. The van der Waals surface area contributed by atoms with Gasteiger partial charge in [0.2, 0.25) is 0 Å². The van der Waals surface area contributed by atoms with Crippen LogP contribution in [0.2, 0.25) is 0 Å². The zero-order valence-electron chi connectivity index (χ0n) is 15.5. The fraction of sp³-hybridized carbons (Fsp3) is 0.550. The summed E-state index contributed by atoms with van der Waals surface area (Å²) in [6.07, 6.45) is 8.37. The Kier molecular flexibility index (Phi) is 7.30. The van der Waals surface area contributed by atoms with Crippen molar-refractivity contribution in [2.45, 2.75) is 39.2 Å². The van der Waals surface area contributed by atoms with E-state index in [1.807, 2.05) is 6.92 Å². The van der Waals surface area contributed by atoms with E-state index >= 15 is 0 Å². The molecule has 5 heteroatoms. The van der Waals surface area contributed by atoms with E-state index in [0.717, 1.165) is 37.3 Å². The van der Waals surface area contributed by atoms with Crippen LogP contribution >= 0.6 is 0 Å². The van der Waals surface area contributed by atoms with Crippen LogP contribution in [0.1, 0.15) is 44.5 Å². The predicted octanol–water partition coefficient (Wildman–Crippen LogP) is 3.46. The molecule has 0 aromatic carbocycles. The number of allylic oxidation sites excluding steroid dienone is 3. The summed E-state index contributed by atoms with van der Waals surface area (Å²) < 4.78 is 5.13. The highest BCUT2D eigenvalue weighted by molar-refractivity contribution is 5.81. The highest BCUT2D eigenvalue weighted by Gasteiger charge is 2.30. The smallest absolute Gasteiger partial charge is 0.106 e. The SMILES string of the molecule is C=C(c1nccnc1/C(C#N)=C\C)[C@H]1C[C@@H](C)C[C@@H](NCCOC)C1. The van der Waals surface area contributed by atoms with Crippen LogP contribution in [0.5, 0.6) is 0 Å². The lowest BCUT2D eigenvalue weighted by Crippen LogP contribution is -2.38. The van der Waals surface area contributed by atoms with Crippen molar-refractivity contribution in [1.29, 1.82) is 5.26 Å². The molecule has 1 aromatic rings. The van der Waals surface area contributed by atoms with E-state index in [0.29, 0.717) is 29.1 Å². The molecule has 1 aromatic heterocycles. The van der Waals surface area contributed by atoms with Gasteiger partial charge in [-0.1, -0.05) is 19.6 Å². The van der Waals surface area contributed by atoms with Gasteiger partial charge in [-0.2, -0.15) is 5.26 Å². The summed E-state index contributed by atoms with van der Waals surface area (Å²) in [5.74, 6) is 0.962. The van der Waals surface area contributed by atoms with Gasteiger partial charge >= 0.3 is 0 Å². The number of nitriles is 1. The Balaban J connectivity index is 2.18. The summed E-state index contributed by atoms with van der Waals surface area (Å²) in [4.78, 5) is 8.89. The molecule has 1 N–H and O–H groups in total. The minimum Gasteiger partial charge on any atom is -0.383 e. The third-order valence-electron chi connectivity index (χ3n) is 4.84. The van der Waals surface area contributed by atoms with Crippen LogP contribution in [0.15, 0.2) is 25.0 Å². The molecular formula is C20H28N4O. The van der Waals surface area contributed by atoms with Gasteiger partial charge in [0, 0.05) is 32.1 Å². The van der Waals surface area contributed by atoms with Gasteiger partial charge in [0.1, 0.15) is 11.8 Å². The fourth-order valence-corrected chi connectivity index (χ4v) is 3.64. The highest BCUT2D eigenvalue weighted by Crippen LogP contribution is 2.38. The van der Waals surface area contributed by atoms with E-state index in [1.165, 1.54) is 6.42 Å². The Morgan fingerprint density at radius 2 is 2.08 bits per heavy atom. The Labute approximate surface area is 150 Å². The number of nitrogens with one attached hydrogen (secondary N) is 1. The van der Waals surface area contributed by atoms with E-state index in [1.54, 1.807) is 25.6 Å². The van der Waals surface area contributed by atoms with E-state index in [9.17, 15) is 5.26 Å². The van der Waals surface area contributed by atoms with Crippen molar-refractivity contribution in [2.24, 2.45) is 11.8 Å². The molecule has 1 saturated carbocycles. The third kappa shape index (κ3) is 4.97. The molecule has 5 nitrogen and oxygen atoms in total. The summed E-state index contributed by atoms with van der Waals surface area (Å²) >= 11 is 0. The summed E-state index contributed by atoms with van der Waals surface area (Å²) in [5.41, 5.74) is 2.93. The monoisotopic (exact) mass is 340 g/mol. The molecule has 0 spiro atoms. The van der Waals surface area contributed by atoms with Crippen molar-refractivity contribution in [3.8, 4) is 6.07 Å². The number of hydrogen-bond acceptors (Lipinski definition) is 5. The summed E-state index contributed by atoms with van der Waals surface area (Å²) in [6.45, 7) is 10.0. The Morgan fingerprint density at radius 3 is 2.72 bits per heavy atom. The van der Waals surface area contributed by atoms with Gasteiger partial charge in [-0.25, -0.2) is 0 Å². The van der Waals surface area contributed by atoms with Crippen LogP contribution in [-0.4, -0.2) is 36.3 Å². The molecular weight excluding hydrogens is 312 g/mol. The maximum Gasteiger partial charge on any atom is 0.106 e. The zero-order chi connectivity index (χ0) is 18.2. The first-order valence-electron chi connectivity index (χ1n) is 8.89. The second-order valence-corrected chi connectivity index (χ2v) is 6.75. The molecule has 0 bridgehead atoms. The number of aromatic nitrogens is 2. The second kappa shape index (κ2) is 9.45. The molecule has 1 aliphatic rings. The average molecular weight is 340 g/mol. The van der Waals surface area contributed by atoms with Crippen LogP contribution in [0.25, 0.3) is 11.1 Å². The largest absolute Gasteiger partial charge is 0.383 e. The van der Waals surface area contributed by atoms with Gasteiger partial charge < -0.3 is 10.1 Å². The summed E-state index contributed by atoms with van der Waals surface area (Å²) in [5, 5.41) is 12.9. The Bertz CT molecular complexity index is 662. The van der Waals surface area contributed by atoms with Gasteiger partial charge in [0.05, 0.1) is 17.9 Å². The minimum atomic E-state index is 0.344. The van der Waals surface area contributed by atoms with Gasteiger partial charge in [0.15, 0.2) is 0 Å². The maximum absolute atomic E-state index is 9.36.